The van der Waals surface area contributed by atoms with Gasteiger partial charge in [-0.2, -0.15) is 9.29 Å². The van der Waals surface area contributed by atoms with E-state index < -0.39 is 16.0 Å². The van der Waals surface area contributed by atoms with Crippen molar-refractivity contribution in [3.05, 3.63) is 41.5 Å². The summed E-state index contributed by atoms with van der Waals surface area (Å²) >= 11 is 0. The van der Waals surface area contributed by atoms with Crippen molar-refractivity contribution in [1.82, 2.24) is 19.3 Å². The number of esters is 1. The lowest BCUT2D eigenvalue weighted by atomic mass is 10.2. The highest BCUT2D eigenvalue weighted by Gasteiger charge is 2.29. The minimum atomic E-state index is -3.61. The van der Waals surface area contributed by atoms with E-state index in [9.17, 15) is 13.2 Å². The number of rotatable bonds is 9. The van der Waals surface area contributed by atoms with Crippen molar-refractivity contribution in [2.45, 2.75) is 44.6 Å². The zero-order valence-corrected chi connectivity index (χ0v) is 18.2. The van der Waals surface area contributed by atoms with Gasteiger partial charge in [-0.3, -0.25) is 4.90 Å². The minimum absolute atomic E-state index is 0.169. The van der Waals surface area contributed by atoms with Crippen LogP contribution in [-0.2, 0) is 27.7 Å². The molecule has 30 heavy (non-hydrogen) atoms. The van der Waals surface area contributed by atoms with Crippen LogP contribution in [-0.4, -0.2) is 66.5 Å². The molecule has 1 aliphatic heterocycles. The smallest absolute Gasteiger partial charge is 0.338 e. The molecule has 1 aliphatic rings. The van der Waals surface area contributed by atoms with Gasteiger partial charge < -0.3 is 9.26 Å². The standard InChI is InChI=1S/C20H28N4O5S/c1-3-5-6-19-21-18(22-29-19)15-23-11-13-24(14-12-23)30(26,27)17-9-7-16(8-10-17)20(25)28-4-2/h7-10H,3-6,11-15H2,1-2H3. The fraction of sp³-hybridized carbons (Fsp3) is 0.550. The van der Waals surface area contributed by atoms with E-state index in [1.807, 2.05) is 0 Å². The van der Waals surface area contributed by atoms with Crippen molar-refractivity contribution >= 4 is 16.0 Å². The molecule has 9 nitrogen and oxygen atoms in total. The quantitative estimate of drug-likeness (QED) is 0.550. The highest BCUT2D eigenvalue weighted by molar-refractivity contribution is 7.89. The van der Waals surface area contributed by atoms with Crippen LogP contribution in [0, 0.1) is 0 Å². The first-order chi connectivity index (χ1) is 14.4. The number of hydrogen-bond donors (Lipinski definition) is 0. The fourth-order valence-corrected chi connectivity index (χ4v) is 4.66. The summed E-state index contributed by atoms with van der Waals surface area (Å²) in [6, 6.07) is 5.86. The third-order valence-electron chi connectivity index (χ3n) is 4.95. The van der Waals surface area contributed by atoms with E-state index in [0.717, 1.165) is 19.3 Å². The van der Waals surface area contributed by atoms with Gasteiger partial charge in [0.1, 0.15) is 0 Å². The van der Waals surface area contributed by atoms with Gasteiger partial charge in [-0.05, 0) is 37.6 Å². The average Bonchev–Trinajstić information content (AvgIpc) is 3.20. The highest BCUT2D eigenvalue weighted by atomic mass is 32.2. The van der Waals surface area contributed by atoms with Crippen LogP contribution >= 0.6 is 0 Å². The number of hydrogen-bond acceptors (Lipinski definition) is 8. The Balaban J connectivity index is 1.55. The average molecular weight is 437 g/mol. The molecule has 0 bridgehead atoms. The zero-order valence-electron chi connectivity index (χ0n) is 17.4. The number of aryl methyl sites for hydroxylation is 1. The predicted molar refractivity (Wildman–Crippen MR) is 109 cm³/mol. The molecule has 164 valence electrons. The summed E-state index contributed by atoms with van der Waals surface area (Å²) in [5.74, 6) is 0.820. The van der Waals surface area contributed by atoms with E-state index in [2.05, 4.69) is 22.0 Å². The molecule has 3 rings (SSSR count). The van der Waals surface area contributed by atoms with Crippen LogP contribution in [0.2, 0.25) is 0 Å². The normalized spacial score (nSPS) is 15.9. The molecule has 0 radical (unpaired) electrons. The molecule has 0 aliphatic carbocycles. The zero-order chi connectivity index (χ0) is 21.6. The molecule has 2 aromatic rings. The lowest BCUT2D eigenvalue weighted by Gasteiger charge is -2.33. The Morgan fingerprint density at radius 3 is 2.47 bits per heavy atom. The number of sulfonamides is 1. The van der Waals surface area contributed by atoms with Crippen LogP contribution in [0.1, 0.15) is 48.8 Å². The van der Waals surface area contributed by atoms with Crippen molar-refractivity contribution in [1.29, 1.82) is 0 Å². The molecule has 0 N–H and O–H groups in total. The van der Waals surface area contributed by atoms with Gasteiger partial charge in [0, 0.05) is 32.6 Å². The van der Waals surface area contributed by atoms with E-state index in [0.29, 0.717) is 50.0 Å². The van der Waals surface area contributed by atoms with Gasteiger partial charge in [0.05, 0.1) is 23.6 Å². The number of nitrogens with zero attached hydrogens (tertiary/aromatic N) is 4. The summed E-state index contributed by atoms with van der Waals surface area (Å²) in [7, 11) is -3.61. The number of benzene rings is 1. The molecule has 10 heteroatoms. The molecule has 0 unspecified atom stereocenters. The number of carbonyl (C=O) groups is 1. The summed E-state index contributed by atoms with van der Waals surface area (Å²) < 4.78 is 37.5. The monoisotopic (exact) mass is 436 g/mol. The second-order valence-corrected chi connectivity index (χ2v) is 9.07. The first-order valence-electron chi connectivity index (χ1n) is 10.2. The summed E-state index contributed by atoms with van der Waals surface area (Å²) in [6.07, 6.45) is 2.86. The summed E-state index contributed by atoms with van der Waals surface area (Å²) in [5.41, 5.74) is 0.332. The maximum absolute atomic E-state index is 12.9. The largest absolute Gasteiger partial charge is 0.462 e. The van der Waals surface area contributed by atoms with Crippen LogP contribution in [0.4, 0.5) is 0 Å². The van der Waals surface area contributed by atoms with Crippen LogP contribution in [0.5, 0.6) is 0 Å². The first kappa shape index (κ1) is 22.4. The maximum Gasteiger partial charge on any atom is 0.338 e. The van der Waals surface area contributed by atoms with Crippen molar-refractivity contribution in [2.75, 3.05) is 32.8 Å². The van der Waals surface area contributed by atoms with Gasteiger partial charge in [-0.25, -0.2) is 13.2 Å². The van der Waals surface area contributed by atoms with E-state index in [1.54, 1.807) is 6.92 Å². The third-order valence-corrected chi connectivity index (χ3v) is 6.87. The Morgan fingerprint density at radius 1 is 1.13 bits per heavy atom. The summed E-state index contributed by atoms with van der Waals surface area (Å²) in [4.78, 5) is 18.4. The van der Waals surface area contributed by atoms with E-state index in [4.69, 9.17) is 9.26 Å². The fourth-order valence-electron chi connectivity index (χ4n) is 3.24. The lowest BCUT2D eigenvalue weighted by molar-refractivity contribution is 0.0526. The van der Waals surface area contributed by atoms with Gasteiger partial charge in [0.2, 0.25) is 15.9 Å². The molecular weight excluding hydrogens is 408 g/mol. The Kier molecular flexibility index (Phi) is 7.57. The second-order valence-electron chi connectivity index (χ2n) is 7.13. The molecule has 1 saturated heterocycles. The predicted octanol–water partition coefficient (Wildman–Crippen LogP) is 2.10. The number of ether oxygens (including phenoxy) is 1. The molecule has 1 fully saturated rings. The van der Waals surface area contributed by atoms with E-state index in [-0.39, 0.29) is 11.5 Å². The number of unbranched alkanes of at least 4 members (excludes halogenated alkanes) is 1. The topological polar surface area (TPSA) is 106 Å². The Hall–Kier alpha value is -2.30. The number of carbonyl (C=O) groups excluding carboxylic acids is 1. The van der Waals surface area contributed by atoms with Crippen molar-refractivity contribution in [3.8, 4) is 0 Å². The van der Waals surface area contributed by atoms with Crippen molar-refractivity contribution < 1.29 is 22.5 Å². The van der Waals surface area contributed by atoms with E-state index in [1.165, 1.54) is 28.6 Å². The van der Waals surface area contributed by atoms with E-state index >= 15 is 0 Å². The van der Waals surface area contributed by atoms with Gasteiger partial charge in [-0.1, -0.05) is 18.5 Å². The van der Waals surface area contributed by atoms with Gasteiger partial charge in [-0.15, -0.1) is 0 Å². The van der Waals surface area contributed by atoms with Gasteiger partial charge in [0.25, 0.3) is 0 Å². The Labute approximate surface area is 177 Å². The highest BCUT2D eigenvalue weighted by Crippen LogP contribution is 2.19. The first-order valence-corrected chi connectivity index (χ1v) is 11.7. The molecule has 0 saturated carbocycles. The van der Waals surface area contributed by atoms with Gasteiger partial charge >= 0.3 is 5.97 Å². The van der Waals surface area contributed by atoms with Crippen LogP contribution in [0.15, 0.2) is 33.7 Å². The van der Waals surface area contributed by atoms with Crippen LogP contribution in [0.25, 0.3) is 0 Å². The molecule has 0 amide bonds. The minimum Gasteiger partial charge on any atom is -0.462 e. The Bertz CT molecular complexity index is 934. The van der Waals surface area contributed by atoms with Gasteiger partial charge in [0.15, 0.2) is 5.82 Å². The van der Waals surface area contributed by atoms with Crippen molar-refractivity contribution in [2.24, 2.45) is 0 Å². The number of piperazine rings is 1. The lowest BCUT2D eigenvalue weighted by Crippen LogP contribution is -2.48. The van der Waals surface area contributed by atoms with Crippen LogP contribution in [0.3, 0.4) is 0 Å². The van der Waals surface area contributed by atoms with Crippen molar-refractivity contribution in [3.63, 3.8) is 0 Å². The molecule has 2 heterocycles. The number of aromatic nitrogens is 2. The second kappa shape index (κ2) is 10.1. The molecule has 0 spiro atoms. The molecule has 0 atom stereocenters. The molecular formula is C20H28N4O5S. The molecule has 1 aromatic carbocycles. The third kappa shape index (κ3) is 5.44. The Morgan fingerprint density at radius 2 is 1.83 bits per heavy atom. The molecule has 1 aromatic heterocycles. The SMILES string of the molecule is CCCCc1nc(CN2CCN(S(=O)(=O)c3ccc(C(=O)OCC)cc3)CC2)no1. The maximum atomic E-state index is 12.9. The summed E-state index contributed by atoms with van der Waals surface area (Å²) in [5, 5.41) is 4.02. The summed E-state index contributed by atoms with van der Waals surface area (Å²) in [6.45, 7) is 6.56. The van der Waals surface area contributed by atoms with Crippen LogP contribution < -0.4 is 0 Å².